The number of halogens is 1. The highest BCUT2D eigenvalue weighted by Crippen LogP contribution is 2.31. The summed E-state index contributed by atoms with van der Waals surface area (Å²) in [7, 11) is 0. The number of rotatable bonds is 4. The van der Waals surface area contributed by atoms with E-state index in [1.807, 2.05) is 0 Å². The highest BCUT2D eigenvalue weighted by molar-refractivity contribution is 9.10. The van der Waals surface area contributed by atoms with Gasteiger partial charge >= 0.3 is 0 Å². The van der Waals surface area contributed by atoms with Crippen LogP contribution in [0, 0.1) is 10.1 Å². The van der Waals surface area contributed by atoms with Gasteiger partial charge in [0.25, 0.3) is 5.69 Å². The largest absolute Gasteiger partial charge is 0.350 e. The van der Waals surface area contributed by atoms with E-state index in [1.54, 1.807) is 36.4 Å². The van der Waals surface area contributed by atoms with Crippen molar-refractivity contribution in [2.75, 3.05) is 10.6 Å². The van der Waals surface area contributed by atoms with Crippen LogP contribution in [0.15, 0.2) is 46.9 Å². The molecule has 0 spiro atoms. The summed E-state index contributed by atoms with van der Waals surface area (Å²) in [4.78, 5) is 21.6. The molecule has 0 saturated carbocycles. The Kier molecular flexibility index (Phi) is 4.54. The highest BCUT2D eigenvalue weighted by Gasteiger charge is 2.14. The molecule has 0 aliphatic rings. The number of nitrogens with one attached hydrogen (secondary N) is 2. The molecule has 0 aliphatic heterocycles. The van der Waals surface area contributed by atoms with Gasteiger partial charge in [0.15, 0.2) is 0 Å². The number of anilines is 3. The van der Waals surface area contributed by atoms with E-state index < -0.39 is 4.92 Å². The zero-order chi connectivity index (χ0) is 15.4. The van der Waals surface area contributed by atoms with Gasteiger partial charge in [-0.3, -0.25) is 14.9 Å². The third kappa shape index (κ3) is 4.03. The van der Waals surface area contributed by atoms with Crippen molar-refractivity contribution < 1.29 is 9.72 Å². The quantitative estimate of drug-likeness (QED) is 0.643. The molecule has 6 nitrogen and oxygen atoms in total. The molecule has 0 heterocycles. The van der Waals surface area contributed by atoms with Crippen LogP contribution in [0.3, 0.4) is 0 Å². The molecule has 0 fully saturated rings. The summed E-state index contributed by atoms with van der Waals surface area (Å²) in [5.41, 5.74) is 1.61. The minimum atomic E-state index is -0.454. The van der Waals surface area contributed by atoms with Crippen LogP contribution < -0.4 is 10.6 Å². The number of amides is 1. The van der Waals surface area contributed by atoms with E-state index in [1.165, 1.54) is 13.0 Å². The summed E-state index contributed by atoms with van der Waals surface area (Å²) in [5.74, 6) is -0.179. The Morgan fingerprint density at radius 3 is 2.57 bits per heavy atom. The van der Waals surface area contributed by atoms with Crippen LogP contribution >= 0.6 is 15.9 Å². The van der Waals surface area contributed by atoms with E-state index >= 15 is 0 Å². The monoisotopic (exact) mass is 349 g/mol. The summed E-state index contributed by atoms with van der Waals surface area (Å²) < 4.78 is 0.631. The molecular weight excluding hydrogens is 338 g/mol. The minimum absolute atomic E-state index is 0.0331. The highest BCUT2D eigenvalue weighted by atomic mass is 79.9. The van der Waals surface area contributed by atoms with Crippen molar-refractivity contribution in [3.8, 4) is 0 Å². The summed E-state index contributed by atoms with van der Waals surface area (Å²) in [6.45, 7) is 1.42. The van der Waals surface area contributed by atoms with E-state index in [4.69, 9.17) is 0 Å². The number of nitrogens with zero attached hydrogens (tertiary/aromatic N) is 1. The number of hydrogen-bond acceptors (Lipinski definition) is 4. The van der Waals surface area contributed by atoms with Gasteiger partial charge in [-0.15, -0.1) is 0 Å². The fourth-order valence-electron chi connectivity index (χ4n) is 1.80. The van der Waals surface area contributed by atoms with Crippen LogP contribution in [-0.4, -0.2) is 10.8 Å². The zero-order valence-corrected chi connectivity index (χ0v) is 12.7. The summed E-state index contributed by atoms with van der Waals surface area (Å²) in [6.07, 6.45) is 0. The number of carbonyl (C=O) groups is 1. The van der Waals surface area contributed by atoms with Gasteiger partial charge in [-0.25, -0.2) is 0 Å². The predicted molar refractivity (Wildman–Crippen MR) is 84.8 cm³/mol. The van der Waals surface area contributed by atoms with Gasteiger partial charge < -0.3 is 10.6 Å². The summed E-state index contributed by atoms with van der Waals surface area (Å²) in [5, 5.41) is 16.7. The maximum Gasteiger partial charge on any atom is 0.293 e. The van der Waals surface area contributed by atoms with Gasteiger partial charge in [0.05, 0.1) is 4.92 Å². The second-order valence-electron chi connectivity index (χ2n) is 4.31. The second kappa shape index (κ2) is 6.36. The van der Waals surface area contributed by atoms with Gasteiger partial charge in [-0.1, -0.05) is 22.0 Å². The van der Waals surface area contributed by atoms with Crippen molar-refractivity contribution in [2.45, 2.75) is 6.92 Å². The molecule has 0 unspecified atom stereocenters. The molecule has 0 aromatic heterocycles. The van der Waals surface area contributed by atoms with E-state index in [2.05, 4.69) is 26.6 Å². The summed E-state index contributed by atoms with van der Waals surface area (Å²) >= 11 is 3.21. The molecule has 0 saturated heterocycles. The van der Waals surface area contributed by atoms with E-state index in [-0.39, 0.29) is 11.6 Å². The van der Waals surface area contributed by atoms with Crippen LogP contribution in [0.1, 0.15) is 6.92 Å². The Balaban J connectivity index is 2.30. The minimum Gasteiger partial charge on any atom is -0.350 e. The predicted octanol–water partition coefficient (Wildman–Crippen LogP) is 4.06. The molecule has 0 atom stereocenters. The molecule has 1 amide bonds. The van der Waals surface area contributed by atoms with Crippen molar-refractivity contribution in [2.24, 2.45) is 0 Å². The van der Waals surface area contributed by atoms with Crippen molar-refractivity contribution in [1.29, 1.82) is 0 Å². The Bertz CT molecular complexity index is 704. The normalized spacial score (nSPS) is 10.0. The first-order valence-corrected chi connectivity index (χ1v) is 6.83. The first-order valence-electron chi connectivity index (χ1n) is 6.04. The first kappa shape index (κ1) is 15.0. The standard InChI is InChI=1S/C14H12BrN3O3/c1-9(19)16-11-3-2-4-12(8-11)17-13-6-5-10(15)7-14(13)18(20)21/h2-8,17H,1H3,(H,16,19). The van der Waals surface area contributed by atoms with Crippen LogP contribution in [0.2, 0.25) is 0 Å². The maximum atomic E-state index is 11.1. The smallest absolute Gasteiger partial charge is 0.293 e. The Morgan fingerprint density at radius 2 is 1.90 bits per heavy atom. The first-order chi connectivity index (χ1) is 9.95. The number of nitro groups is 1. The zero-order valence-electron chi connectivity index (χ0n) is 11.1. The molecule has 0 aliphatic carbocycles. The molecule has 2 aromatic carbocycles. The van der Waals surface area contributed by atoms with Gasteiger partial charge in [0.1, 0.15) is 5.69 Å². The molecule has 0 bridgehead atoms. The third-order valence-corrected chi connectivity index (χ3v) is 3.11. The van der Waals surface area contributed by atoms with Crippen molar-refractivity contribution >= 4 is 44.6 Å². The lowest BCUT2D eigenvalue weighted by molar-refractivity contribution is -0.384. The molecule has 7 heteroatoms. The average molecular weight is 350 g/mol. The topological polar surface area (TPSA) is 84.3 Å². The molecule has 0 radical (unpaired) electrons. The van der Waals surface area contributed by atoms with Crippen LogP contribution in [0.5, 0.6) is 0 Å². The van der Waals surface area contributed by atoms with Crippen molar-refractivity contribution in [3.05, 3.63) is 57.1 Å². The van der Waals surface area contributed by atoms with Crippen LogP contribution in [-0.2, 0) is 4.79 Å². The fourth-order valence-corrected chi connectivity index (χ4v) is 2.14. The fraction of sp³-hybridized carbons (Fsp3) is 0.0714. The van der Waals surface area contributed by atoms with E-state index in [0.29, 0.717) is 21.5 Å². The lowest BCUT2D eigenvalue weighted by Crippen LogP contribution is -2.05. The molecule has 21 heavy (non-hydrogen) atoms. The molecular formula is C14H12BrN3O3. The molecule has 2 rings (SSSR count). The molecule has 2 N–H and O–H groups in total. The van der Waals surface area contributed by atoms with Crippen LogP contribution in [0.4, 0.5) is 22.7 Å². The summed E-state index contributed by atoms with van der Waals surface area (Å²) in [6, 6.07) is 11.7. The average Bonchev–Trinajstić information content (AvgIpc) is 2.40. The maximum absolute atomic E-state index is 11.1. The number of nitro benzene ring substituents is 1. The molecule has 108 valence electrons. The second-order valence-corrected chi connectivity index (χ2v) is 5.22. The van der Waals surface area contributed by atoms with Gasteiger partial charge in [0, 0.05) is 28.8 Å². The van der Waals surface area contributed by atoms with Crippen LogP contribution in [0.25, 0.3) is 0 Å². The SMILES string of the molecule is CC(=O)Nc1cccc(Nc2ccc(Br)cc2[N+](=O)[O-])c1. The lowest BCUT2D eigenvalue weighted by Gasteiger charge is -2.09. The Morgan fingerprint density at radius 1 is 1.19 bits per heavy atom. The van der Waals surface area contributed by atoms with Gasteiger partial charge in [-0.2, -0.15) is 0 Å². The number of hydrogen-bond donors (Lipinski definition) is 2. The van der Waals surface area contributed by atoms with Crippen molar-refractivity contribution in [1.82, 2.24) is 0 Å². The van der Waals surface area contributed by atoms with Crippen molar-refractivity contribution in [3.63, 3.8) is 0 Å². The van der Waals surface area contributed by atoms with E-state index in [9.17, 15) is 14.9 Å². The number of benzene rings is 2. The van der Waals surface area contributed by atoms with Gasteiger partial charge in [0.2, 0.25) is 5.91 Å². The Hall–Kier alpha value is -2.41. The molecule has 2 aromatic rings. The van der Waals surface area contributed by atoms with Gasteiger partial charge in [-0.05, 0) is 30.3 Å². The Labute approximate surface area is 129 Å². The van der Waals surface area contributed by atoms with E-state index in [0.717, 1.165) is 0 Å². The number of carbonyl (C=O) groups excluding carboxylic acids is 1. The third-order valence-electron chi connectivity index (χ3n) is 2.62. The lowest BCUT2D eigenvalue weighted by atomic mass is 10.2.